The van der Waals surface area contributed by atoms with Crippen LogP contribution in [0.5, 0.6) is 0 Å². The maximum Gasteiger partial charge on any atom is 0.407 e. The van der Waals surface area contributed by atoms with Gasteiger partial charge in [0.25, 0.3) is 0 Å². The Morgan fingerprint density at radius 1 is 1.71 bits per heavy atom. The monoisotopic (exact) mass is 202 g/mol. The molecule has 6 heteroatoms. The standard InChI is InChI=1S/C8H14N2O4/c1-10(2)4-7(11)13-5-6-3-9-8(12)14-6/h6H,3-5H2,1-2H3,(H,9,12)/t6-/m1/s1. The fourth-order valence-corrected chi connectivity index (χ4v) is 1.01. The molecule has 80 valence electrons. The van der Waals surface area contributed by atoms with Crippen LogP contribution in [0.3, 0.4) is 0 Å². The normalized spacial score (nSPS) is 20.5. The Morgan fingerprint density at radius 2 is 2.43 bits per heavy atom. The molecule has 1 aliphatic rings. The minimum Gasteiger partial charge on any atom is -0.461 e. The Morgan fingerprint density at radius 3 is 2.93 bits per heavy atom. The van der Waals surface area contributed by atoms with E-state index < -0.39 is 6.09 Å². The van der Waals surface area contributed by atoms with Crippen molar-refractivity contribution in [3.05, 3.63) is 0 Å². The van der Waals surface area contributed by atoms with Crippen LogP contribution in [0.2, 0.25) is 0 Å². The van der Waals surface area contributed by atoms with E-state index >= 15 is 0 Å². The summed E-state index contributed by atoms with van der Waals surface area (Å²) in [6.45, 7) is 0.744. The number of carbonyl (C=O) groups excluding carboxylic acids is 2. The molecule has 14 heavy (non-hydrogen) atoms. The molecule has 0 aromatic heterocycles. The molecule has 0 aromatic rings. The number of nitrogens with one attached hydrogen (secondary N) is 1. The van der Waals surface area contributed by atoms with E-state index in [0.717, 1.165) is 0 Å². The van der Waals surface area contributed by atoms with Crippen molar-refractivity contribution in [3.8, 4) is 0 Å². The van der Waals surface area contributed by atoms with Crippen molar-refractivity contribution in [3.63, 3.8) is 0 Å². The van der Waals surface area contributed by atoms with Gasteiger partial charge in [0, 0.05) is 0 Å². The summed E-state index contributed by atoms with van der Waals surface area (Å²) in [5, 5.41) is 2.47. The number of rotatable bonds is 4. The molecule has 0 aromatic carbocycles. The first-order valence-electron chi connectivity index (χ1n) is 4.33. The Kier molecular flexibility index (Phi) is 3.70. The van der Waals surface area contributed by atoms with E-state index in [1.807, 2.05) is 0 Å². The van der Waals surface area contributed by atoms with Crippen LogP contribution in [-0.4, -0.2) is 56.9 Å². The number of amides is 1. The van der Waals surface area contributed by atoms with Crippen LogP contribution in [0.15, 0.2) is 0 Å². The fourth-order valence-electron chi connectivity index (χ4n) is 1.01. The van der Waals surface area contributed by atoms with Crippen LogP contribution in [-0.2, 0) is 14.3 Å². The van der Waals surface area contributed by atoms with Gasteiger partial charge in [0.2, 0.25) is 0 Å². The summed E-state index contributed by atoms with van der Waals surface area (Å²) in [6, 6.07) is 0. The summed E-state index contributed by atoms with van der Waals surface area (Å²) in [4.78, 5) is 23.4. The van der Waals surface area contributed by atoms with E-state index in [2.05, 4.69) is 5.32 Å². The maximum atomic E-state index is 11.1. The number of hydrogen-bond acceptors (Lipinski definition) is 5. The Bertz CT molecular complexity index is 229. The average Bonchev–Trinajstić information content (AvgIpc) is 2.47. The van der Waals surface area contributed by atoms with Gasteiger partial charge in [0.1, 0.15) is 6.61 Å². The highest BCUT2D eigenvalue weighted by molar-refractivity contribution is 5.72. The van der Waals surface area contributed by atoms with Gasteiger partial charge in [0.15, 0.2) is 6.10 Å². The molecule has 6 nitrogen and oxygen atoms in total. The molecule has 0 radical (unpaired) electrons. The zero-order chi connectivity index (χ0) is 10.6. The molecule has 1 fully saturated rings. The van der Waals surface area contributed by atoms with Gasteiger partial charge in [-0.3, -0.25) is 9.69 Å². The molecule has 0 spiro atoms. The van der Waals surface area contributed by atoms with Crippen LogP contribution in [0, 0.1) is 0 Å². The highest BCUT2D eigenvalue weighted by Crippen LogP contribution is 2.00. The number of cyclic esters (lactones) is 1. The van der Waals surface area contributed by atoms with Gasteiger partial charge in [-0.1, -0.05) is 0 Å². The number of esters is 1. The lowest BCUT2D eigenvalue weighted by Crippen LogP contribution is -2.28. The second kappa shape index (κ2) is 4.80. The number of carbonyl (C=O) groups is 2. The number of hydrogen-bond donors (Lipinski definition) is 1. The topological polar surface area (TPSA) is 67.9 Å². The third-order valence-electron chi connectivity index (χ3n) is 1.62. The first kappa shape index (κ1) is 10.8. The number of alkyl carbamates (subject to hydrolysis) is 1. The lowest BCUT2D eigenvalue weighted by Gasteiger charge is -2.11. The van der Waals surface area contributed by atoms with Crippen molar-refractivity contribution >= 4 is 12.1 Å². The summed E-state index contributed by atoms with van der Waals surface area (Å²) < 4.78 is 9.66. The minimum absolute atomic E-state index is 0.116. The fraction of sp³-hybridized carbons (Fsp3) is 0.750. The SMILES string of the molecule is CN(C)CC(=O)OC[C@H]1CNC(=O)O1. The second-order valence-electron chi connectivity index (χ2n) is 3.33. The summed E-state index contributed by atoms with van der Waals surface area (Å²) in [5.41, 5.74) is 0. The summed E-state index contributed by atoms with van der Waals surface area (Å²) in [6.07, 6.45) is -0.813. The van der Waals surface area contributed by atoms with Crippen molar-refractivity contribution in [1.82, 2.24) is 10.2 Å². The molecule has 1 atom stereocenters. The van der Waals surface area contributed by atoms with Gasteiger partial charge in [-0.05, 0) is 14.1 Å². The number of likely N-dealkylation sites (N-methyl/N-ethyl adjacent to an activating group) is 1. The van der Waals surface area contributed by atoms with Gasteiger partial charge in [-0.15, -0.1) is 0 Å². The molecule has 1 saturated heterocycles. The minimum atomic E-state index is -0.460. The molecule has 1 N–H and O–H groups in total. The number of ether oxygens (including phenoxy) is 2. The third kappa shape index (κ3) is 3.61. The quantitative estimate of drug-likeness (QED) is 0.604. The van der Waals surface area contributed by atoms with E-state index in [4.69, 9.17) is 9.47 Å². The molecule has 1 aliphatic heterocycles. The zero-order valence-electron chi connectivity index (χ0n) is 8.28. The van der Waals surface area contributed by atoms with Gasteiger partial charge in [-0.25, -0.2) is 4.79 Å². The van der Waals surface area contributed by atoms with E-state index in [1.165, 1.54) is 0 Å². The van der Waals surface area contributed by atoms with Gasteiger partial charge in [-0.2, -0.15) is 0 Å². The van der Waals surface area contributed by atoms with Crippen LogP contribution in [0.1, 0.15) is 0 Å². The predicted octanol–water partition coefficient (Wildman–Crippen LogP) is -0.800. The molecular formula is C8H14N2O4. The lowest BCUT2D eigenvalue weighted by molar-refractivity contribution is -0.146. The molecule has 1 amide bonds. The molecule has 0 saturated carbocycles. The smallest absolute Gasteiger partial charge is 0.407 e. The largest absolute Gasteiger partial charge is 0.461 e. The van der Waals surface area contributed by atoms with E-state index in [-0.39, 0.29) is 25.2 Å². The molecule has 1 heterocycles. The number of nitrogens with zero attached hydrogens (tertiary/aromatic N) is 1. The van der Waals surface area contributed by atoms with E-state index in [9.17, 15) is 9.59 Å². The van der Waals surface area contributed by atoms with Gasteiger partial charge >= 0.3 is 12.1 Å². The predicted molar refractivity (Wildman–Crippen MR) is 47.8 cm³/mol. The second-order valence-corrected chi connectivity index (χ2v) is 3.33. The van der Waals surface area contributed by atoms with Crippen LogP contribution in [0.25, 0.3) is 0 Å². The third-order valence-corrected chi connectivity index (χ3v) is 1.62. The first-order valence-corrected chi connectivity index (χ1v) is 4.33. The van der Waals surface area contributed by atoms with Crippen molar-refractivity contribution in [2.45, 2.75) is 6.10 Å². The van der Waals surface area contributed by atoms with Crippen molar-refractivity contribution in [2.24, 2.45) is 0 Å². The van der Waals surface area contributed by atoms with Gasteiger partial charge in [0.05, 0.1) is 13.1 Å². The Hall–Kier alpha value is -1.30. The first-order chi connectivity index (χ1) is 6.58. The Labute approximate surface area is 82.1 Å². The molecule has 0 aliphatic carbocycles. The van der Waals surface area contributed by atoms with Crippen LogP contribution >= 0.6 is 0 Å². The summed E-state index contributed by atoms with van der Waals surface area (Å²) >= 11 is 0. The van der Waals surface area contributed by atoms with Gasteiger partial charge < -0.3 is 14.8 Å². The molecule has 1 rings (SSSR count). The van der Waals surface area contributed by atoms with Crippen molar-refractivity contribution in [1.29, 1.82) is 0 Å². The average molecular weight is 202 g/mol. The maximum absolute atomic E-state index is 11.1. The van der Waals surface area contributed by atoms with Crippen LogP contribution in [0.4, 0.5) is 4.79 Å². The highest BCUT2D eigenvalue weighted by atomic mass is 16.6. The van der Waals surface area contributed by atoms with Crippen molar-refractivity contribution in [2.75, 3.05) is 33.8 Å². The molecule has 0 bridgehead atoms. The van der Waals surface area contributed by atoms with E-state index in [1.54, 1.807) is 19.0 Å². The lowest BCUT2D eigenvalue weighted by atomic mass is 10.4. The summed E-state index contributed by atoms with van der Waals surface area (Å²) in [5.74, 6) is -0.321. The molecule has 0 unspecified atom stereocenters. The zero-order valence-corrected chi connectivity index (χ0v) is 8.28. The van der Waals surface area contributed by atoms with Crippen LogP contribution < -0.4 is 5.32 Å². The Balaban J connectivity index is 2.14. The summed E-state index contributed by atoms with van der Waals surface area (Å²) in [7, 11) is 3.55. The van der Waals surface area contributed by atoms with Crippen molar-refractivity contribution < 1.29 is 19.1 Å². The highest BCUT2D eigenvalue weighted by Gasteiger charge is 2.23. The van der Waals surface area contributed by atoms with E-state index in [0.29, 0.717) is 6.54 Å². The molecular weight excluding hydrogens is 188 g/mol.